The number of aryl methyl sites for hydroxylation is 1. The SMILES string of the molecule is CCCCCCCCCCCC1=NC(=Cc2[nH]c(-c3ccc(CCCCCCC)[nH]3)cc2OCC)C=C1.Cl. The zero-order valence-electron chi connectivity index (χ0n) is 24.2. The second-order valence-corrected chi connectivity index (χ2v) is 10.5. The van der Waals surface area contributed by atoms with Gasteiger partial charge in [-0.3, -0.25) is 4.99 Å². The van der Waals surface area contributed by atoms with E-state index in [4.69, 9.17) is 9.73 Å². The van der Waals surface area contributed by atoms with Crippen molar-refractivity contribution in [1.29, 1.82) is 0 Å². The van der Waals surface area contributed by atoms with Crippen molar-refractivity contribution in [3.8, 4) is 17.1 Å². The number of hydrogen-bond donors (Lipinski definition) is 2. The fraction of sp³-hybridized carbons (Fsp3) is 0.606. The second-order valence-electron chi connectivity index (χ2n) is 10.5. The highest BCUT2D eigenvalue weighted by molar-refractivity contribution is 5.99. The first kappa shape index (κ1) is 32.0. The highest BCUT2D eigenvalue weighted by Crippen LogP contribution is 2.30. The molecule has 3 rings (SSSR count). The van der Waals surface area contributed by atoms with Crippen LogP contribution in [0, 0.1) is 0 Å². The molecule has 0 aromatic carbocycles. The molecule has 0 saturated heterocycles. The van der Waals surface area contributed by atoms with Crippen LogP contribution in [0.25, 0.3) is 17.5 Å². The van der Waals surface area contributed by atoms with Crippen molar-refractivity contribution in [2.24, 2.45) is 4.99 Å². The van der Waals surface area contributed by atoms with Gasteiger partial charge in [0.05, 0.1) is 29.4 Å². The van der Waals surface area contributed by atoms with E-state index in [9.17, 15) is 0 Å². The molecule has 38 heavy (non-hydrogen) atoms. The van der Waals surface area contributed by atoms with Crippen molar-refractivity contribution in [2.75, 3.05) is 6.61 Å². The Balaban J connectivity index is 0.00000507. The molecule has 4 nitrogen and oxygen atoms in total. The summed E-state index contributed by atoms with van der Waals surface area (Å²) in [6.45, 7) is 7.22. The normalized spacial score (nSPS) is 13.8. The summed E-state index contributed by atoms with van der Waals surface area (Å²) in [7, 11) is 0. The number of nitrogens with zero attached hydrogens (tertiary/aromatic N) is 1. The molecule has 0 fully saturated rings. The highest BCUT2D eigenvalue weighted by Gasteiger charge is 2.13. The number of nitrogens with one attached hydrogen (secondary N) is 2. The molecule has 5 heteroatoms. The quantitative estimate of drug-likeness (QED) is 0.161. The standard InChI is InChI=1S/C33H51N3O.ClH/c1-4-7-9-11-12-13-14-16-18-19-27-21-22-29(34-27)25-32-33(37-6-3)26-31(36-32)30-24-23-28(35-30)20-17-15-10-8-5-2;/h21-26,35-36H,4-20H2,1-3H3;1H. The minimum atomic E-state index is 0. The molecule has 212 valence electrons. The van der Waals surface area contributed by atoms with E-state index < -0.39 is 0 Å². The molecule has 3 heterocycles. The third-order valence-corrected chi connectivity index (χ3v) is 7.24. The van der Waals surface area contributed by atoms with Crippen LogP contribution < -0.4 is 4.74 Å². The Bertz CT molecular complexity index is 998. The van der Waals surface area contributed by atoms with Crippen molar-refractivity contribution in [1.82, 2.24) is 9.97 Å². The lowest BCUT2D eigenvalue weighted by molar-refractivity contribution is 0.340. The van der Waals surface area contributed by atoms with Crippen molar-refractivity contribution in [3.05, 3.63) is 47.4 Å². The average molecular weight is 542 g/mol. The number of H-pyrrole nitrogens is 2. The Morgan fingerprint density at radius 3 is 2.00 bits per heavy atom. The molecule has 0 atom stereocenters. The van der Waals surface area contributed by atoms with Gasteiger partial charge in [0.1, 0.15) is 5.75 Å². The Hall–Kier alpha value is -2.20. The van der Waals surface area contributed by atoms with Crippen LogP contribution in [-0.4, -0.2) is 22.3 Å². The topological polar surface area (TPSA) is 53.2 Å². The molecule has 0 aliphatic carbocycles. The molecule has 0 spiro atoms. The summed E-state index contributed by atoms with van der Waals surface area (Å²) >= 11 is 0. The monoisotopic (exact) mass is 541 g/mol. The minimum absolute atomic E-state index is 0. The van der Waals surface area contributed by atoms with Crippen molar-refractivity contribution in [2.45, 2.75) is 124 Å². The number of rotatable bonds is 20. The highest BCUT2D eigenvalue weighted by atomic mass is 35.5. The van der Waals surface area contributed by atoms with Gasteiger partial charge in [0.2, 0.25) is 0 Å². The van der Waals surface area contributed by atoms with E-state index in [0.29, 0.717) is 6.61 Å². The van der Waals surface area contributed by atoms with Gasteiger partial charge in [0, 0.05) is 17.5 Å². The fourth-order valence-electron chi connectivity index (χ4n) is 5.05. The molecule has 2 aromatic heterocycles. The van der Waals surface area contributed by atoms with Gasteiger partial charge in [0.15, 0.2) is 0 Å². The first-order valence-electron chi connectivity index (χ1n) is 15.2. The minimum Gasteiger partial charge on any atom is -0.492 e. The van der Waals surface area contributed by atoms with Gasteiger partial charge >= 0.3 is 0 Å². The third kappa shape index (κ3) is 11.3. The van der Waals surface area contributed by atoms with Crippen molar-refractivity contribution >= 4 is 24.2 Å². The predicted octanol–water partition coefficient (Wildman–Crippen LogP) is 10.6. The van der Waals surface area contributed by atoms with E-state index in [1.807, 2.05) is 6.92 Å². The molecule has 0 bridgehead atoms. The summed E-state index contributed by atoms with van der Waals surface area (Å²) in [5.74, 6) is 0.886. The molecular weight excluding hydrogens is 490 g/mol. The van der Waals surface area contributed by atoms with E-state index in [-0.39, 0.29) is 12.4 Å². The summed E-state index contributed by atoms with van der Waals surface area (Å²) in [6, 6.07) is 6.51. The summed E-state index contributed by atoms with van der Waals surface area (Å²) in [4.78, 5) is 12.1. The molecular formula is C33H52ClN3O. The molecule has 0 saturated carbocycles. The summed E-state index contributed by atoms with van der Waals surface area (Å²) in [5.41, 5.74) is 6.68. The number of halogens is 1. The number of unbranched alkanes of at least 4 members (excludes halogenated alkanes) is 12. The van der Waals surface area contributed by atoms with E-state index in [1.165, 1.54) is 101 Å². The summed E-state index contributed by atoms with van der Waals surface area (Å²) in [6.07, 6.45) is 27.4. The number of ether oxygens (including phenoxy) is 1. The Labute approximate surface area is 238 Å². The zero-order chi connectivity index (χ0) is 26.1. The molecule has 2 N–H and O–H groups in total. The van der Waals surface area contributed by atoms with Crippen LogP contribution in [0.1, 0.15) is 128 Å². The molecule has 1 aliphatic heterocycles. The fourth-order valence-corrected chi connectivity index (χ4v) is 5.05. The first-order valence-corrected chi connectivity index (χ1v) is 15.2. The number of aromatic nitrogens is 2. The van der Waals surface area contributed by atoms with Gasteiger partial charge in [-0.15, -0.1) is 12.4 Å². The van der Waals surface area contributed by atoms with Gasteiger partial charge in [-0.2, -0.15) is 0 Å². The van der Waals surface area contributed by atoms with Gasteiger partial charge in [0.25, 0.3) is 0 Å². The zero-order valence-corrected chi connectivity index (χ0v) is 25.1. The van der Waals surface area contributed by atoms with Crippen molar-refractivity contribution in [3.63, 3.8) is 0 Å². The van der Waals surface area contributed by atoms with Crippen LogP contribution in [0.15, 0.2) is 41.0 Å². The Kier molecular flexibility index (Phi) is 16.0. The molecule has 1 aliphatic rings. The number of aromatic amines is 2. The molecule has 0 amide bonds. The maximum atomic E-state index is 5.96. The van der Waals surface area contributed by atoms with E-state index in [1.54, 1.807) is 0 Å². The van der Waals surface area contributed by atoms with Crippen LogP contribution in [0.3, 0.4) is 0 Å². The summed E-state index contributed by atoms with van der Waals surface area (Å²) < 4.78 is 5.96. The van der Waals surface area contributed by atoms with Crippen molar-refractivity contribution < 1.29 is 4.74 Å². The summed E-state index contributed by atoms with van der Waals surface area (Å²) in [5, 5.41) is 0. The lowest BCUT2D eigenvalue weighted by Crippen LogP contribution is -1.92. The number of hydrogen-bond acceptors (Lipinski definition) is 2. The van der Waals surface area contributed by atoms with E-state index in [0.717, 1.165) is 41.4 Å². The second kappa shape index (κ2) is 19.0. The lowest BCUT2D eigenvalue weighted by atomic mass is 10.1. The van der Waals surface area contributed by atoms with Gasteiger partial charge < -0.3 is 14.7 Å². The van der Waals surface area contributed by atoms with Gasteiger partial charge in [-0.25, -0.2) is 0 Å². The Morgan fingerprint density at radius 2 is 1.34 bits per heavy atom. The third-order valence-electron chi connectivity index (χ3n) is 7.24. The van der Waals surface area contributed by atoms with Crippen LogP contribution in [0.4, 0.5) is 0 Å². The molecule has 0 radical (unpaired) electrons. The smallest absolute Gasteiger partial charge is 0.144 e. The van der Waals surface area contributed by atoms with E-state index in [2.05, 4.69) is 60.2 Å². The van der Waals surface area contributed by atoms with Crippen LogP contribution in [-0.2, 0) is 6.42 Å². The van der Waals surface area contributed by atoms with Gasteiger partial charge in [-0.05, 0) is 63.0 Å². The average Bonchev–Trinajstić information content (AvgIpc) is 3.64. The molecule has 2 aromatic rings. The van der Waals surface area contributed by atoms with Gasteiger partial charge in [-0.1, -0.05) is 90.9 Å². The predicted molar refractivity (Wildman–Crippen MR) is 168 cm³/mol. The number of allylic oxidation sites excluding steroid dienone is 2. The van der Waals surface area contributed by atoms with Crippen LogP contribution >= 0.6 is 12.4 Å². The van der Waals surface area contributed by atoms with E-state index >= 15 is 0 Å². The van der Waals surface area contributed by atoms with Crippen LogP contribution in [0.5, 0.6) is 5.75 Å². The maximum Gasteiger partial charge on any atom is 0.144 e. The van der Waals surface area contributed by atoms with Crippen LogP contribution in [0.2, 0.25) is 0 Å². The Morgan fingerprint density at radius 1 is 0.711 bits per heavy atom. The number of aliphatic imine (C=N–C) groups is 1. The lowest BCUT2D eigenvalue weighted by Gasteiger charge is -2.02. The maximum absolute atomic E-state index is 5.96. The molecule has 0 unspecified atom stereocenters. The largest absolute Gasteiger partial charge is 0.492 e. The first-order chi connectivity index (χ1) is 18.2.